The van der Waals surface area contributed by atoms with Crippen LogP contribution in [0.25, 0.3) is 11.0 Å². The van der Waals surface area contributed by atoms with Gasteiger partial charge in [0.15, 0.2) is 5.16 Å². The second-order valence-electron chi connectivity index (χ2n) is 4.20. The molecule has 2 rings (SSSR count). The molecule has 0 aliphatic heterocycles. The van der Waals surface area contributed by atoms with Crippen LogP contribution in [0.5, 0.6) is 5.75 Å². The highest BCUT2D eigenvalue weighted by molar-refractivity contribution is 7.99. The van der Waals surface area contributed by atoms with Gasteiger partial charge in [0.25, 0.3) is 0 Å². The lowest BCUT2D eigenvalue weighted by molar-refractivity contribution is -0.140. The van der Waals surface area contributed by atoms with Gasteiger partial charge in [-0.2, -0.15) is 0 Å². The maximum absolute atomic E-state index is 10.7. The van der Waals surface area contributed by atoms with Gasteiger partial charge >= 0.3 is 5.97 Å². The van der Waals surface area contributed by atoms with Crippen LogP contribution in [0.3, 0.4) is 0 Å². The lowest BCUT2D eigenvalue weighted by Gasteiger charge is -2.02. The standard InChI is InChI=1S/C13H16N2O3S/c1-3-18-9-4-5-10-11(6-9)15-13(14-10)19-7-8(2)12(16)17/h4-6,8H,3,7H2,1-2H3,(H,14,15)(H,16,17). The predicted octanol–water partition coefficient (Wildman–Crippen LogP) is 2.77. The van der Waals surface area contributed by atoms with Crippen molar-refractivity contribution < 1.29 is 14.6 Å². The molecule has 0 saturated carbocycles. The fourth-order valence-corrected chi connectivity index (χ4v) is 2.46. The maximum atomic E-state index is 10.7. The smallest absolute Gasteiger partial charge is 0.307 e. The normalized spacial score (nSPS) is 12.5. The van der Waals surface area contributed by atoms with Gasteiger partial charge in [-0.25, -0.2) is 4.98 Å². The molecule has 0 amide bonds. The summed E-state index contributed by atoms with van der Waals surface area (Å²) in [6.45, 7) is 4.24. The van der Waals surface area contributed by atoms with Crippen LogP contribution in [0.15, 0.2) is 23.4 Å². The minimum absolute atomic E-state index is 0.391. The molecule has 2 aromatic rings. The average Bonchev–Trinajstić information content (AvgIpc) is 2.78. The van der Waals surface area contributed by atoms with Crippen molar-refractivity contribution in [3.8, 4) is 5.75 Å². The van der Waals surface area contributed by atoms with E-state index >= 15 is 0 Å². The van der Waals surface area contributed by atoms with Crippen LogP contribution in [0.1, 0.15) is 13.8 Å². The number of H-pyrrole nitrogens is 1. The van der Waals surface area contributed by atoms with Crippen molar-refractivity contribution in [2.75, 3.05) is 12.4 Å². The average molecular weight is 280 g/mol. The highest BCUT2D eigenvalue weighted by atomic mass is 32.2. The third-order valence-electron chi connectivity index (χ3n) is 2.63. The van der Waals surface area contributed by atoms with Crippen LogP contribution >= 0.6 is 11.8 Å². The van der Waals surface area contributed by atoms with Crippen molar-refractivity contribution in [2.45, 2.75) is 19.0 Å². The zero-order valence-electron chi connectivity index (χ0n) is 10.8. The Balaban J connectivity index is 2.10. The number of nitrogens with zero attached hydrogens (tertiary/aromatic N) is 1. The Morgan fingerprint density at radius 3 is 3.05 bits per heavy atom. The molecule has 5 nitrogen and oxygen atoms in total. The number of carboxylic acid groups (broad SMARTS) is 1. The van der Waals surface area contributed by atoms with E-state index in [1.807, 2.05) is 25.1 Å². The van der Waals surface area contributed by atoms with Crippen LogP contribution in [0, 0.1) is 5.92 Å². The molecule has 1 heterocycles. The molecule has 19 heavy (non-hydrogen) atoms. The largest absolute Gasteiger partial charge is 0.494 e. The van der Waals surface area contributed by atoms with Gasteiger partial charge in [-0.05, 0) is 19.1 Å². The van der Waals surface area contributed by atoms with E-state index in [0.717, 1.165) is 21.9 Å². The van der Waals surface area contributed by atoms with Gasteiger partial charge in [0, 0.05) is 11.8 Å². The Labute approximate surface area is 115 Å². The van der Waals surface area contributed by atoms with Gasteiger partial charge in [-0.15, -0.1) is 0 Å². The highest BCUT2D eigenvalue weighted by Gasteiger charge is 2.12. The SMILES string of the molecule is CCOc1ccc2nc(SCC(C)C(=O)O)[nH]c2c1. The first-order valence-corrected chi connectivity index (χ1v) is 7.07. The molecule has 0 saturated heterocycles. The summed E-state index contributed by atoms with van der Waals surface area (Å²) in [5.74, 6) is 0.113. The molecule has 102 valence electrons. The number of carbonyl (C=O) groups is 1. The Bertz CT molecular complexity index is 582. The molecule has 2 N–H and O–H groups in total. The molecule has 1 aromatic carbocycles. The third kappa shape index (κ3) is 3.41. The van der Waals surface area contributed by atoms with E-state index in [1.54, 1.807) is 6.92 Å². The number of carboxylic acids is 1. The van der Waals surface area contributed by atoms with E-state index in [4.69, 9.17) is 9.84 Å². The number of hydrogen-bond acceptors (Lipinski definition) is 4. The Hall–Kier alpha value is -1.69. The lowest BCUT2D eigenvalue weighted by atomic mass is 10.2. The molecule has 0 aliphatic rings. The van der Waals surface area contributed by atoms with E-state index < -0.39 is 11.9 Å². The first-order chi connectivity index (χ1) is 9.10. The summed E-state index contributed by atoms with van der Waals surface area (Å²) in [6.07, 6.45) is 0. The van der Waals surface area contributed by atoms with Crippen molar-refractivity contribution in [1.29, 1.82) is 0 Å². The Morgan fingerprint density at radius 2 is 2.37 bits per heavy atom. The van der Waals surface area contributed by atoms with E-state index in [0.29, 0.717) is 12.4 Å². The topological polar surface area (TPSA) is 75.2 Å². The molecule has 0 spiro atoms. The summed E-state index contributed by atoms with van der Waals surface area (Å²) >= 11 is 1.41. The number of benzene rings is 1. The second-order valence-corrected chi connectivity index (χ2v) is 5.21. The summed E-state index contributed by atoms with van der Waals surface area (Å²) in [4.78, 5) is 18.3. The molecular weight excluding hydrogens is 264 g/mol. The molecule has 1 aromatic heterocycles. The molecule has 0 bridgehead atoms. The maximum Gasteiger partial charge on any atom is 0.307 e. The monoisotopic (exact) mass is 280 g/mol. The third-order valence-corrected chi connectivity index (χ3v) is 3.77. The number of imidazole rings is 1. The van der Waals surface area contributed by atoms with Crippen LogP contribution in [-0.2, 0) is 4.79 Å². The summed E-state index contributed by atoms with van der Waals surface area (Å²) in [6, 6.07) is 5.67. The van der Waals surface area contributed by atoms with Crippen molar-refractivity contribution in [3.63, 3.8) is 0 Å². The molecule has 0 fully saturated rings. The van der Waals surface area contributed by atoms with Gasteiger partial charge in [0.05, 0.1) is 23.6 Å². The first kappa shape index (κ1) is 13.7. The summed E-state index contributed by atoms with van der Waals surface area (Å²) in [7, 11) is 0. The quantitative estimate of drug-likeness (QED) is 0.796. The van der Waals surface area contributed by atoms with E-state index in [-0.39, 0.29) is 0 Å². The number of hydrogen-bond donors (Lipinski definition) is 2. The van der Waals surface area contributed by atoms with Gasteiger partial charge in [-0.1, -0.05) is 18.7 Å². The van der Waals surface area contributed by atoms with Gasteiger partial charge in [0.2, 0.25) is 0 Å². The second kappa shape index (κ2) is 5.97. The van der Waals surface area contributed by atoms with Gasteiger partial charge in [-0.3, -0.25) is 4.79 Å². The molecule has 6 heteroatoms. The Morgan fingerprint density at radius 1 is 1.58 bits per heavy atom. The van der Waals surface area contributed by atoms with Gasteiger partial charge in [0.1, 0.15) is 5.75 Å². The van der Waals surface area contributed by atoms with Gasteiger partial charge < -0.3 is 14.8 Å². The summed E-state index contributed by atoms with van der Waals surface area (Å²) in [5, 5.41) is 9.57. The number of aliphatic carboxylic acids is 1. The van der Waals surface area contributed by atoms with E-state index in [2.05, 4.69) is 9.97 Å². The fourth-order valence-electron chi connectivity index (χ4n) is 1.57. The highest BCUT2D eigenvalue weighted by Crippen LogP contribution is 2.24. The number of ether oxygens (including phenoxy) is 1. The van der Waals surface area contributed by atoms with Crippen molar-refractivity contribution in [1.82, 2.24) is 9.97 Å². The van der Waals surface area contributed by atoms with Crippen molar-refractivity contribution in [3.05, 3.63) is 18.2 Å². The van der Waals surface area contributed by atoms with E-state index in [1.165, 1.54) is 11.8 Å². The zero-order chi connectivity index (χ0) is 13.8. The first-order valence-electron chi connectivity index (χ1n) is 6.08. The number of nitrogens with one attached hydrogen (secondary N) is 1. The number of aromatic amines is 1. The minimum Gasteiger partial charge on any atom is -0.494 e. The summed E-state index contributed by atoms with van der Waals surface area (Å²) in [5.41, 5.74) is 1.75. The van der Waals surface area contributed by atoms with Crippen LogP contribution < -0.4 is 4.74 Å². The molecule has 1 unspecified atom stereocenters. The number of thioether (sulfide) groups is 1. The van der Waals surface area contributed by atoms with Crippen molar-refractivity contribution in [2.24, 2.45) is 5.92 Å². The van der Waals surface area contributed by atoms with Crippen LogP contribution in [0.2, 0.25) is 0 Å². The number of rotatable bonds is 6. The number of fused-ring (bicyclic) bond motifs is 1. The molecule has 0 aliphatic carbocycles. The van der Waals surface area contributed by atoms with E-state index in [9.17, 15) is 4.79 Å². The van der Waals surface area contributed by atoms with Crippen LogP contribution in [-0.4, -0.2) is 33.4 Å². The van der Waals surface area contributed by atoms with Crippen molar-refractivity contribution >= 4 is 28.8 Å². The number of aromatic nitrogens is 2. The zero-order valence-corrected chi connectivity index (χ0v) is 11.7. The molecule has 0 radical (unpaired) electrons. The Kier molecular flexibility index (Phi) is 4.31. The predicted molar refractivity (Wildman–Crippen MR) is 74.8 cm³/mol. The lowest BCUT2D eigenvalue weighted by Crippen LogP contribution is -2.11. The fraction of sp³-hybridized carbons (Fsp3) is 0.385. The molecular formula is C13H16N2O3S. The summed E-state index contributed by atoms with van der Waals surface area (Å²) < 4.78 is 5.42. The minimum atomic E-state index is -0.790. The molecule has 1 atom stereocenters. The van der Waals surface area contributed by atoms with Crippen LogP contribution in [0.4, 0.5) is 0 Å².